The van der Waals surface area contributed by atoms with E-state index in [1.54, 1.807) is 30.7 Å². The van der Waals surface area contributed by atoms with Crippen LogP contribution in [0, 0.1) is 25.2 Å². The normalized spacial score (nSPS) is 19.1. The highest BCUT2D eigenvalue weighted by Crippen LogP contribution is 2.47. The van der Waals surface area contributed by atoms with Gasteiger partial charge >= 0.3 is 0 Å². The van der Waals surface area contributed by atoms with Gasteiger partial charge in [-0.3, -0.25) is 19.4 Å². The number of pyridine rings is 1. The number of piperazine rings is 1. The summed E-state index contributed by atoms with van der Waals surface area (Å²) in [6.07, 6.45) is 5.99. The zero-order valence-electron chi connectivity index (χ0n) is 31.2. The maximum absolute atomic E-state index is 14.3. The summed E-state index contributed by atoms with van der Waals surface area (Å²) in [7, 11) is 5.17. The van der Waals surface area contributed by atoms with Gasteiger partial charge in [-0.1, -0.05) is 18.2 Å². The Kier molecular flexibility index (Phi) is 9.92. The maximum atomic E-state index is 14.3. The highest BCUT2D eigenvalue weighted by Gasteiger charge is 2.51. The van der Waals surface area contributed by atoms with E-state index in [9.17, 15) is 19.2 Å². The molecule has 2 aliphatic heterocycles. The van der Waals surface area contributed by atoms with Crippen LogP contribution in [0.1, 0.15) is 73.0 Å². The van der Waals surface area contributed by atoms with Crippen LogP contribution in [0.25, 0.3) is 11.1 Å². The lowest BCUT2D eigenvalue weighted by atomic mass is 9.88. The molecule has 3 aliphatic rings. The fraction of sp³-hybridized carbons (Fsp3) is 0.488. The quantitative estimate of drug-likeness (QED) is 0.195. The molecule has 1 aliphatic carbocycles. The lowest BCUT2D eigenvalue weighted by Gasteiger charge is -2.43. The summed E-state index contributed by atoms with van der Waals surface area (Å²) in [6.45, 7) is 13.3. The van der Waals surface area contributed by atoms with Gasteiger partial charge in [-0.2, -0.15) is 5.26 Å². The third-order valence-corrected chi connectivity index (χ3v) is 11.2. The molecule has 1 aromatic heterocycles. The largest absolute Gasteiger partial charge is 0.496 e. The van der Waals surface area contributed by atoms with Gasteiger partial charge in [0.05, 0.1) is 25.8 Å². The van der Waals surface area contributed by atoms with Crippen molar-refractivity contribution in [1.29, 1.82) is 5.26 Å². The number of halogens is 1. The van der Waals surface area contributed by atoms with Crippen LogP contribution in [0.15, 0.2) is 53.0 Å². The molecular formula is C41H50FN5O4. The third kappa shape index (κ3) is 7.07. The van der Waals surface area contributed by atoms with Gasteiger partial charge in [-0.15, -0.1) is 0 Å². The van der Waals surface area contributed by atoms with Gasteiger partial charge in [-0.05, 0) is 99.9 Å². The summed E-state index contributed by atoms with van der Waals surface area (Å²) >= 11 is 0. The number of ether oxygens (including phenoxy) is 2. The fourth-order valence-electron chi connectivity index (χ4n) is 8.10. The number of amides is 1. The second-order valence-electron chi connectivity index (χ2n) is 15.1. The number of methoxy groups -OCH3 is 2. The molecule has 0 radical (unpaired) electrons. The molecule has 1 unspecified atom stereocenters. The molecule has 10 heteroatoms. The van der Waals surface area contributed by atoms with E-state index < -0.39 is 11.6 Å². The van der Waals surface area contributed by atoms with Crippen molar-refractivity contribution in [2.24, 2.45) is 7.05 Å². The predicted molar refractivity (Wildman–Crippen MR) is 197 cm³/mol. The zero-order chi connectivity index (χ0) is 36.8. The molecule has 0 bridgehead atoms. The number of carbonyl (C=O) groups excluding carboxylic acids is 1. The number of hydrogen-bond acceptors (Lipinski definition) is 7. The van der Waals surface area contributed by atoms with Gasteiger partial charge in [0.1, 0.15) is 28.8 Å². The van der Waals surface area contributed by atoms with E-state index in [1.807, 2.05) is 33.0 Å². The molecule has 2 fully saturated rings. The van der Waals surface area contributed by atoms with E-state index in [0.717, 1.165) is 90.0 Å². The predicted octanol–water partition coefficient (Wildman–Crippen LogP) is 6.18. The molecule has 1 saturated heterocycles. The Labute approximate surface area is 300 Å². The molecule has 2 aromatic carbocycles. The third-order valence-electron chi connectivity index (χ3n) is 11.2. The smallest absolute Gasteiger partial charge is 0.264 e. The molecule has 3 aromatic rings. The first-order valence-corrected chi connectivity index (χ1v) is 17.8. The number of carbonyl (C=O) groups is 1. The molecule has 6 rings (SSSR count). The number of benzene rings is 2. The van der Waals surface area contributed by atoms with Gasteiger partial charge in [-0.25, -0.2) is 4.39 Å². The van der Waals surface area contributed by atoms with Gasteiger partial charge < -0.3 is 18.9 Å². The fourth-order valence-corrected chi connectivity index (χ4v) is 8.10. The highest BCUT2D eigenvalue weighted by molar-refractivity contribution is 5.97. The number of allylic oxidation sites excluding steroid dienone is 1. The van der Waals surface area contributed by atoms with E-state index in [-0.39, 0.29) is 22.7 Å². The Morgan fingerprint density at radius 3 is 2.37 bits per heavy atom. The summed E-state index contributed by atoms with van der Waals surface area (Å²) in [5.41, 5.74) is 6.49. The van der Waals surface area contributed by atoms with Crippen LogP contribution in [-0.2, 0) is 31.4 Å². The Morgan fingerprint density at radius 1 is 1.08 bits per heavy atom. The van der Waals surface area contributed by atoms with Crippen LogP contribution in [0.4, 0.5) is 4.39 Å². The van der Waals surface area contributed by atoms with Gasteiger partial charge in [0.25, 0.3) is 11.5 Å². The number of hydrogen-bond donors (Lipinski definition) is 0. The van der Waals surface area contributed by atoms with Crippen LogP contribution < -0.4 is 15.0 Å². The van der Waals surface area contributed by atoms with E-state index in [1.165, 1.54) is 25.0 Å². The van der Waals surface area contributed by atoms with Crippen molar-refractivity contribution in [3.8, 4) is 28.7 Å². The Balaban J connectivity index is 1.18. The first kappa shape index (κ1) is 36.3. The maximum Gasteiger partial charge on any atom is 0.264 e. The van der Waals surface area contributed by atoms with Crippen molar-refractivity contribution in [2.45, 2.75) is 84.2 Å². The number of fused-ring (bicyclic) bond motifs is 1. The molecule has 1 saturated carbocycles. The van der Waals surface area contributed by atoms with Gasteiger partial charge in [0.2, 0.25) is 0 Å². The van der Waals surface area contributed by atoms with E-state index >= 15 is 0 Å². The Morgan fingerprint density at radius 2 is 1.76 bits per heavy atom. The standard InChI is InChI=1S/C41H50FN5O4/c1-26-27(2)38(48)44(6)23-34(26)30-18-36(50-7)35(37(19-30)51-8)24-45-16-17-46(41(25-45)13-14-41)22-29-10-9-11-32-28(3)47(15-12-33(29)32)39(49)31(21-43)20-40(4,5)42/h9-11,18-20,23,28H,12-17,22,24-25H2,1-8H3/b31-20+. The Hall–Kier alpha value is -4.46. The minimum atomic E-state index is -1.75. The number of nitriles is 1. The molecular weight excluding hydrogens is 645 g/mol. The van der Waals surface area contributed by atoms with Crippen molar-refractivity contribution >= 4 is 5.91 Å². The summed E-state index contributed by atoms with van der Waals surface area (Å²) < 4.78 is 27.9. The van der Waals surface area contributed by atoms with E-state index in [0.29, 0.717) is 19.5 Å². The molecule has 1 spiro atoms. The minimum absolute atomic E-state index is 0.00312. The molecule has 0 N–H and O–H groups in total. The lowest BCUT2D eigenvalue weighted by molar-refractivity contribution is -0.129. The summed E-state index contributed by atoms with van der Waals surface area (Å²) in [4.78, 5) is 32.7. The van der Waals surface area contributed by atoms with Gasteiger partial charge in [0, 0.05) is 69.2 Å². The summed E-state index contributed by atoms with van der Waals surface area (Å²) in [5, 5.41) is 9.63. The van der Waals surface area contributed by atoms with Crippen LogP contribution in [0.5, 0.6) is 11.5 Å². The van der Waals surface area contributed by atoms with Crippen molar-refractivity contribution in [3.63, 3.8) is 0 Å². The molecule has 270 valence electrons. The minimum Gasteiger partial charge on any atom is -0.496 e. The van der Waals surface area contributed by atoms with Crippen molar-refractivity contribution in [1.82, 2.24) is 19.3 Å². The SMILES string of the molecule is COc1cc(-c2cn(C)c(=O)c(C)c2C)cc(OC)c1CN1CCN(Cc2cccc3c2CCN(C(=O)/C(C#N)=C/C(C)(C)F)C3C)C2(CC2)C1. The van der Waals surface area contributed by atoms with Crippen LogP contribution in [0.3, 0.4) is 0 Å². The molecule has 9 nitrogen and oxygen atoms in total. The van der Waals surface area contributed by atoms with E-state index in [4.69, 9.17) is 9.47 Å². The summed E-state index contributed by atoms with van der Waals surface area (Å²) in [6, 6.07) is 12.2. The van der Waals surface area contributed by atoms with Gasteiger partial charge in [0.15, 0.2) is 0 Å². The second kappa shape index (κ2) is 13.9. The van der Waals surface area contributed by atoms with Crippen LogP contribution >= 0.6 is 0 Å². The molecule has 51 heavy (non-hydrogen) atoms. The zero-order valence-corrected chi connectivity index (χ0v) is 31.2. The number of aromatic nitrogens is 1. The first-order valence-electron chi connectivity index (χ1n) is 17.8. The molecule has 1 amide bonds. The summed E-state index contributed by atoms with van der Waals surface area (Å²) in [5.74, 6) is 1.12. The number of rotatable bonds is 9. The number of aryl methyl sites for hydroxylation is 1. The van der Waals surface area contributed by atoms with E-state index in [2.05, 4.69) is 40.1 Å². The van der Waals surface area contributed by atoms with Crippen molar-refractivity contribution in [2.75, 3.05) is 40.4 Å². The molecule has 3 heterocycles. The van der Waals surface area contributed by atoms with Crippen molar-refractivity contribution in [3.05, 3.63) is 91.9 Å². The monoisotopic (exact) mass is 695 g/mol. The van der Waals surface area contributed by atoms with Crippen LogP contribution in [0.2, 0.25) is 0 Å². The van der Waals surface area contributed by atoms with Crippen LogP contribution in [-0.4, -0.2) is 76.8 Å². The average Bonchev–Trinajstić information content (AvgIpc) is 3.88. The van der Waals surface area contributed by atoms with Crippen molar-refractivity contribution < 1.29 is 18.7 Å². The lowest BCUT2D eigenvalue weighted by Crippen LogP contribution is -2.54. The highest BCUT2D eigenvalue weighted by atomic mass is 19.1. The number of alkyl halides is 1. The second-order valence-corrected chi connectivity index (χ2v) is 15.1. The molecule has 1 atom stereocenters. The first-order chi connectivity index (χ1) is 24.2. The number of nitrogens with zero attached hydrogens (tertiary/aromatic N) is 5. The average molecular weight is 696 g/mol. The Bertz CT molecular complexity index is 1960. The topological polar surface area (TPSA) is 91.0 Å².